The lowest BCUT2D eigenvalue weighted by Crippen LogP contribution is -2.46. The van der Waals surface area contributed by atoms with Crippen molar-refractivity contribution in [2.75, 3.05) is 24.5 Å². The number of hydrogen-bond acceptors (Lipinski definition) is 5. The van der Waals surface area contributed by atoms with Crippen LogP contribution in [0.1, 0.15) is 37.9 Å². The Balaban J connectivity index is 1.69. The first kappa shape index (κ1) is 17.3. The number of alkyl halides is 3. The topological polar surface area (TPSA) is 58.9 Å². The van der Waals surface area contributed by atoms with Gasteiger partial charge in [-0.3, -0.25) is 4.68 Å². The molecule has 0 unspecified atom stereocenters. The molecule has 0 saturated carbocycles. The van der Waals surface area contributed by atoms with E-state index >= 15 is 0 Å². The van der Waals surface area contributed by atoms with Crippen LogP contribution in [0.2, 0.25) is 0 Å². The monoisotopic (exact) mass is 366 g/mol. The van der Waals surface area contributed by atoms with Crippen LogP contribution >= 0.6 is 0 Å². The molecule has 9 heteroatoms. The zero-order valence-corrected chi connectivity index (χ0v) is 14.5. The number of nitrogens with zero attached hydrogens (tertiary/aromatic N) is 5. The standard InChI is InChI=1S/C17H21F3N6/c1-11-4-7-25(11)16-23-14(8-15(24-16)17(18,19)20)12-9-22-26(10-12)13-2-5-21-6-3-13/h8-11,13,21H,2-7H2,1H3/t11-/m0/s1. The van der Waals surface area contributed by atoms with E-state index in [1.165, 1.54) is 0 Å². The smallest absolute Gasteiger partial charge is 0.338 e. The molecule has 0 spiro atoms. The molecule has 0 aromatic carbocycles. The Hall–Kier alpha value is -2.16. The third kappa shape index (κ3) is 3.27. The van der Waals surface area contributed by atoms with Crippen LogP contribution in [0.5, 0.6) is 0 Å². The van der Waals surface area contributed by atoms with Crippen LogP contribution in [-0.2, 0) is 6.18 Å². The number of halogens is 3. The molecule has 2 fully saturated rings. The molecule has 2 aliphatic rings. The highest BCUT2D eigenvalue weighted by atomic mass is 19.4. The SMILES string of the molecule is C[C@H]1CCN1c1nc(-c2cnn(C3CCNCC3)c2)cc(C(F)(F)F)n1. The first-order valence-electron chi connectivity index (χ1n) is 8.90. The quantitative estimate of drug-likeness (QED) is 0.905. The highest BCUT2D eigenvalue weighted by Crippen LogP contribution is 2.33. The summed E-state index contributed by atoms with van der Waals surface area (Å²) in [6, 6.07) is 1.44. The van der Waals surface area contributed by atoms with Gasteiger partial charge in [-0.1, -0.05) is 0 Å². The molecule has 0 bridgehead atoms. The maximum absolute atomic E-state index is 13.3. The Morgan fingerprint density at radius 2 is 1.92 bits per heavy atom. The Bertz CT molecular complexity index is 781. The molecule has 26 heavy (non-hydrogen) atoms. The van der Waals surface area contributed by atoms with Crippen LogP contribution in [0, 0.1) is 0 Å². The van der Waals surface area contributed by atoms with Gasteiger partial charge in [0, 0.05) is 24.3 Å². The van der Waals surface area contributed by atoms with Gasteiger partial charge in [-0.05, 0) is 45.3 Å². The second kappa shape index (κ2) is 6.53. The third-order valence-electron chi connectivity index (χ3n) is 5.16. The summed E-state index contributed by atoms with van der Waals surface area (Å²) < 4.78 is 41.8. The van der Waals surface area contributed by atoms with Crippen LogP contribution in [0.3, 0.4) is 0 Å². The molecular weight excluding hydrogens is 345 g/mol. The van der Waals surface area contributed by atoms with Crippen molar-refractivity contribution in [2.45, 2.75) is 44.4 Å². The molecule has 140 valence electrons. The van der Waals surface area contributed by atoms with Crippen molar-refractivity contribution in [3.8, 4) is 11.3 Å². The van der Waals surface area contributed by atoms with Gasteiger partial charge in [-0.25, -0.2) is 9.97 Å². The van der Waals surface area contributed by atoms with E-state index in [0.717, 1.165) is 38.4 Å². The zero-order valence-electron chi connectivity index (χ0n) is 14.5. The van der Waals surface area contributed by atoms with Gasteiger partial charge >= 0.3 is 6.18 Å². The van der Waals surface area contributed by atoms with Crippen molar-refractivity contribution in [3.05, 3.63) is 24.2 Å². The lowest BCUT2D eigenvalue weighted by Gasteiger charge is -2.38. The normalized spacial score (nSPS) is 21.7. The molecule has 1 atom stereocenters. The Labute approximate surface area is 149 Å². The highest BCUT2D eigenvalue weighted by molar-refractivity contribution is 5.60. The van der Waals surface area contributed by atoms with E-state index in [-0.39, 0.29) is 23.7 Å². The highest BCUT2D eigenvalue weighted by Gasteiger charge is 2.36. The molecule has 4 rings (SSSR count). The summed E-state index contributed by atoms with van der Waals surface area (Å²) in [6.07, 6.45) is 1.72. The van der Waals surface area contributed by atoms with Crippen molar-refractivity contribution in [3.63, 3.8) is 0 Å². The first-order chi connectivity index (χ1) is 12.4. The van der Waals surface area contributed by atoms with Crippen molar-refractivity contribution in [1.29, 1.82) is 0 Å². The largest absolute Gasteiger partial charge is 0.433 e. The van der Waals surface area contributed by atoms with Crippen LogP contribution in [-0.4, -0.2) is 45.4 Å². The van der Waals surface area contributed by atoms with Crippen molar-refractivity contribution in [2.24, 2.45) is 0 Å². The van der Waals surface area contributed by atoms with Gasteiger partial charge < -0.3 is 10.2 Å². The summed E-state index contributed by atoms with van der Waals surface area (Å²) in [5.74, 6) is 0.142. The predicted octanol–water partition coefficient (Wildman–Crippen LogP) is 2.88. The minimum absolute atomic E-state index is 0.142. The molecule has 6 nitrogen and oxygen atoms in total. The van der Waals surface area contributed by atoms with Gasteiger partial charge in [-0.15, -0.1) is 0 Å². The second-order valence-corrected chi connectivity index (χ2v) is 6.96. The van der Waals surface area contributed by atoms with E-state index in [2.05, 4.69) is 20.4 Å². The molecule has 0 amide bonds. The fourth-order valence-corrected chi connectivity index (χ4v) is 3.41. The summed E-state index contributed by atoms with van der Waals surface area (Å²) in [6.45, 7) is 4.48. The second-order valence-electron chi connectivity index (χ2n) is 6.96. The van der Waals surface area contributed by atoms with Gasteiger partial charge in [0.05, 0.1) is 17.9 Å². The molecule has 4 heterocycles. The van der Waals surface area contributed by atoms with Gasteiger partial charge in [-0.2, -0.15) is 18.3 Å². The summed E-state index contributed by atoms with van der Waals surface area (Å²) in [5.41, 5.74) is -0.0568. The van der Waals surface area contributed by atoms with Crippen LogP contribution < -0.4 is 10.2 Å². The van der Waals surface area contributed by atoms with Gasteiger partial charge in [0.2, 0.25) is 5.95 Å². The molecule has 0 radical (unpaired) electrons. The van der Waals surface area contributed by atoms with Crippen LogP contribution in [0.15, 0.2) is 18.5 Å². The number of hydrogen-bond donors (Lipinski definition) is 1. The minimum Gasteiger partial charge on any atom is -0.338 e. The Morgan fingerprint density at radius 1 is 1.15 bits per heavy atom. The van der Waals surface area contributed by atoms with Gasteiger partial charge in [0.15, 0.2) is 5.69 Å². The predicted molar refractivity (Wildman–Crippen MR) is 90.8 cm³/mol. The van der Waals surface area contributed by atoms with E-state index in [9.17, 15) is 13.2 Å². The number of aromatic nitrogens is 4. The van der Waals surface area contributed by atoms with Crippen molar-refractivity contribution < 1.29 is 13.2 Å². The third-order valence-corrected chi connectivity index (χ3v) is 5.16. The molecule has 1 N–H and O–H groups in total. The van der Waals surface area contributed by atoms with E-state index in [1.54, 1.807) is 17.3 Å². The fraction of sp³-hybridized carbons (Fsp3) is 0.588. The van der Waals surface area contributed by atoms with Crippen LogP contribution in [0.25, 0.3) is 11.3 Å². The number of anilines is 1. The van der Waals surface area contributed by atoms with E-state index in [0.29, 0.717) is 12.1 Å². The average molecular weight is 366 g/mol. The maximum atomic E-state index is 13.3. The fourth-order valence-electron chi connectivity index (χ4n) is 3.41. The summed E-state index contributed by atoms with van der Waals surface area (Å²) in [4.78, 5) is 9.95. The summed E-state index contributed by atoms with van der Waals surface area (Å²) in [7, 11) is 0. The first-order valence-corrected chi connectivity index (χ1v) is 8.90. The molecule has 2 aliphatic heterocycles. The number of piperidine rings is 1. The average Bonchev–Trinajstić information content (AvgIpc) is 3.10. The summed E-state index contributed by atoms with van der Waals surface area (Å²) in [5, 5.41) is 7.66. The molecule has 0 aliphatic carbocycles. The van der Waals surface area contributed by atoms with Crippen molar-refractivity contribution >= 4 is 5.95 Å². The molecule has 2 aromatic rings. The lowest BCUT2D eigenvalue weighted by molar-refractivity contribution is -0.141. The summed E-state index contributed by atoms with van der Waals surface area (Å²) >= 11 is 0. The zero-order chi connectivity index (χ0) is 18.3. The van der Waals surface area contributed by atoms with E-state index in [1.807, 2.05) is 11.6 Å². The van der Waals surface area contributed by atoms with Gasteiger partial charge in [0.25, 0.3) is 0 Å². The van der Waals surface area contributed by atoms with Crippen LogP contribution in [0.4, 0.5) is 19.1 Å². The Morgan fingerprint density at radius 3 is 2.54 bits per heavy atom. The molecule has 2 saturated heterocycles. The van der Waals surface area contributed by atoms with Gasteiger partial charge in [0.1, 0.15) is 0 Å². The maximum Gasteiger partial charge on any atom is 0.433 e. The van der Waals surface area contributed by atoms with E-state index < -0.39 is 11.9 Å². The Kier molecular flexibility index (Phi) is 4.34. The lowest BCUT2D eigenvalue weighted by atomic mass is 10.1. The van der Waals surface area contributed by atoms with E-state index in [4.69, 9.17) is 0 Å². The van der Waals surface area contributed by atoms with Crippen molar-refractivity contribution in [1.82, 2.24) is 25.1 Å². The number of nitrogens with one attached hydrogen (secondary N) is 1. The minimum atomic E-state index is -4.51. The molecule has 2 aromatic heterocycles. The number of rotatable bonds is 3. The molecular formula is C17H21F3N6.